The van der Waals surface area contributed by atoms with Crippen LogP contribution in [0.3, 0.4) is 0 Å². The van der Waals surface area contributed by atoms with Crippen molar-refractivity contribution in [3.63, 3.8) is 0 Å². The van der Waals surface area contributed by atoms with Crippen LogP contribution in [0.25, 0.3) is 0 Å². The number of hydrogen-bond donors (Lipinski definition) is 1. The molecule has 0 radical (unpaired) electrons. The summed E-state index contributed by atoms with van der Waals surface area (Å²) in [6.07, 6.45) is 0. The van der Waals surface area contributed by atoms with Crippen LogP contribution in [0, 0.1) is 5.82 Å². The Kier molecular flexibility index (Phi) is 3.24. The molecule has 0 amide bonds. The van der Waals surface area contributed by atoms with Crippen molar-refractivity contribution in [3.05, 3.63) is 70.5 Å². The van der Waals surface area contributed by atoms with Crippen LogP contribution < -0.4 is 0 Å². The predicted molar refractivity (Wildman–Crippen MR) is 72.8 cm³/mol. The number of nitrogens with zero attached hydrogens (tertiary/aromatic N) is 1. The topological polar surface area (TPSA) is 40.5 Å². The van der Waals surface area contributed by atoms with Gasteiger partial charge in [0.25, 0.3) is 0 Å². The average molecular weight is 271 g/mol. The third-order valence-electron chi connectivity index (χ3n) is 3.60. The molecule has 3 rings (SSSR count). The molecule has 0 aliphatic carbocycles. The molecule has 0 unspecified atom stereocenters. The van der Waals surface area contributed by atoms with Crippen molar-refractivity contribution >= 4 is 5.97 Å². The van der Waals surface area contributed by atoms with Gasteiger partial charge in [-0.1, -0.05) is 30.3 Å². The number of rotatable bonds is 3. The molecule has 2 aromatic rings. The van der Waals surface area contributed by atoms with E-state index >= 15 is 0 Å². The second-order valence-corrected chi connectivity index (χ2v) is 5.02. The van der Waals surface area contributed by atoms with Gasteiger partial charge in [-0.05, 0) is 28.8 Å². The highest BCUT2D eigenvalue weighted by Gasteiger charge is 2.20. The quantitative estimate of drug-likeness (QED) is 0.932. The monoisotopic (exact) mass is 271 g/mol. The maximum atomic E-state index is 13.2. The van der Waals surface area contributed by atoms with Crippen molar-refractivity contribution < 1.29 is 14.3 Å². The van der Waals surface area contributed by atoms with Gasteiger partial charge in [0, 0.05) is 19.6 Å². The van der Waals surface area contributed by atoms with Gasteiger partial charge in [0.15, 0.2) is 0 Å². The Bertz CT molecular complexity index is 644. The lowest BCUT2D eigenvalue weighted by Crippen LogP contribution is -2.18. The van der Waals surface area contributed by atoms with Crippen LogP contribution in [0.4, 0.5) is 4.39 Å². The Morgan fingerprint density at radius 3 is 2.40 bits per heavy atom. The summed E-state index contributed by atoms with van der Waals surface area (Å²) in [6.45, 7) is 2.11. The van der Waals surface area contributed by atoms with Gasteiger partial charge in [0.05, 0.1) is 5.56 Å². The first-order chi connectivity index (χ1) is 9.63. The molecule has 1 N–H and O–H groups in total. The number of benzene rings is 2. The first kappa shape index (κ1) is 12.8. The van der Waals surface area contributed by atoms with E-state index in [2.05, 4.69) is 17.0 Å². The number of halogens is 1. The number of hydrogen-bond acceptors (Lipinski definition) is 2. The van der Waals surface area contributed by atoms with Crippen molar-refractivity contribution in [2.45, 2.75) is 19.6 Å². The van der Waals surface area contributed by atoms with Gasteiger partial charge in [-0.25, -0.2) is 9.18 Å². The highest BCUT2D eigenvalue weighted by atomic mass is 19.1. The zero-order valence-electron chi connectivity index (χ0n) is 10.8. The summed E-state index contributed by atoms with van der Waals surface area (Å²) in [5.41, 5.74) is 3.23. The number of carbonyl (C=O) groups is 1. The highest BCUT2D eigenvalue weighted by Crippen LogP contribution is 2.25. The number of fused-ring (bicyclic) bond motifs is 1. The number of carboxylic acids is 1. The maximum Gasteiger partial charge on any atom is 0.336 e. The van der Waals surface area contributed by atoms with E-state index in [1.165, 1.54) is 17.2 Å². The van der Waals surface area contributed by atoms with Gasteiger partial charge < -0.3 is 5.11 Å². The summed E-state index contributed by atoms with van der Waals surface area (Å²) in [5, 5.41) is 9.15. The van der Waals surface area contributed by atoms with Crippen LogP contribution in [-0.4, -0.2) is 16.0 Å². The number of aromatic carboxylic acids is 1. The predicted octanol–water partition coefficient (Wildman–Crippen LogP) is 3.04. The minimum atomic E-state index is -1.09. The van der Waals surface area contributed by atoms with Crippen molar-refractivity contribution in [1.82, 2.24) is 4.90 Å². The minimum absolute atomic E-state index is 0.0426. The first-order valence-corrected chi connectivity index (χ1v) is 6.44. The van der Waals surface area contributed by atoms with E-state index in [1.54, 1.807) is 6.07 Å². The molecular weight excluding hydrogens is 257 g/mol. The SMILES string of the molecule is O=C(O)c1cc(F)ccc1CN1Cc2ccccc2C1. The van der Waals surface area contributed by atoms with Gasteiger partial charge in [0.2, 0.25) is 0 Å². The summed E-state index contributed by atoms with van der Waals surface area (Å²) >= 11 is 0. The molecule has 20 heavy (non-hydrogen) atoms. The molecule has 1 aliphatic rings. The molecule has 4 heteroatoms. The van der Waals surface area contributed by atoms with E-state index in [9.17, 15) is 9.18 Å². The van der Waals surface area contributed by atoms with Crippen LogP contribution in [0.2, 0.25) is 0 Å². The molecule has 0 atom stereocenters. The largest absolute Gasteiger partial charge is 0.478 e. The lowest BCUT2D eigenvalue weighted by atomic mass is 10.1. The van der Waals surface area contributed by atoms with Gasteiger partial charge in [-0.15, -0.1) is 0 Å². The van der Waals surface area contributed by atoms with Gasteiger partial charge in [-0.2, -0.15) is 0 Å². The van der Waals surface area contributed by atoms with Crippen LogP contribution in [0.15, 0.2) is 42.5 Å². The average Bonchev–Trinajstić information content (AvgIpc) is 2.82. The minimum Gasteiger partial charge on any atom is -0.478 e. The molecule has 0 saturated heterocycles. The Morgan fingerprint density at radius 2 is 1.80 bits per heavy atom. The fourth-order valence-electron chi connectivity index (χ4n) is 2.64. The highest BCUT2D eigenvalue weighted by molar-refractivity contribution is 5.89. The van der Waals surface area contributed by atoms with E-state index in [0.29, 0.717) is 12.1 Å². The summed E-state index contributed by atoms with van der Waals surface area (Å²) in [5.74, 6) is -1.60. The van der Waals surface area contributed by atoms with Crippen LogP contribution in [0.5, 0.6) is 0 Å². The number of carboxylic acid groups (broad SMARTS) is 1. The van der Waals surface area contributed by atoms with Crippen molar-refractivity contribution in [2.75, 3.05) is 0 Å². The normalized spacial score (nSPS) is 14.2. The van der Waals surface area contributed by atoms with E-state index in [4.69, 9.17) is 5.11 Å². The third kappa shape index (κ3) is 2.42. The summed E-state index contributed by atoms with van der Waals surface area (Å²) in [7, 11) is 0. The zero-order chi connectivity index (χ0) is 14.1. The third-order valence-corrected chi connectivity index (χ3v) is 3.60. The molecule has 0 spiro atoms. The lowest BCUT2D eigenvalue weighted by molar-refractivity contribution is 0.0694. The van der Waals surface area contributed by atoms with Crippen molar-refractivity contribution in [1.29, 1.82) is 0 Å². The van der Waals surface area contributed by atoms with Gasteiger partial charge in [0.1, 0.15) is 5.82 Å². The molecule has 2 aromatic carbocycles. The van der Waals surface area contributed by atoms with Crippen molar-refractivity contribution in [3.8, 4) is 0 Å². The molecule has 0 saturated carbocycles. The summed E-state index contributed by atoms with van der Waals surface area (Å²) in [6, 6.07) is 12.1. The van der Waals surface area contributed by atoms with Crippen LogP contribution in [0.1, 0.15) is 27.0 Å². The Balaban J connectivity index is 1.82. The Hall–Kier alpha value is -2.20. The van der Waals surface area contributed by atoms with E-state index < -0.39 is 11.8 Å². The van der Waals surface area contributed by atoms with E-state index in [0.717, 1.165) is 19.2 Å². The molecular formula is C16H14FNO2. The zero-order valence-corrected chi connectivity index (χ0v) is 10.8. The molecule has 0 fully saturated rings. The Labute approximate surface area is 116 Å². The van der Waals surface area contributed by atoms with Crippen LogP contribution in [-0.2, 0) is 19.6 Å². The Morgan fingerprint density at radius 1 is 1.15 bits per heavy atom. The second kappa shape index (κ2) is 5.06. The summed E-state index contributed by atoms with van der Waals surface area (Å²) in [4.78, 5) is 13.3. The van der Waals surface area contributed by atoms with E-state index in [1.807, 2.05) is 12.1 Å². The molecule has 102 valence electrons. The second-order valence-electron chi connectivity index (χ2n) is 5.02. The maximum absolute atomic E-state index is 13.2. The van der Waals surface area contributed by atoms with Crippen LogP contribution >= 0.6 is 0 Å². The molecule has 1 aliphatic heterocycles. The smallest absolute Gasteiger partial charge is 0.336 e. The standard InChI is InChI=1S/C16H14FNO2/c17-14-6-5-13(15(7-14)16(19)20)10-18-8-11-3-1-2-4-12(11)9-18/h1-7H,8-10H2,(H,19,20). The van der Waals surface area contributed by atoms with Crippen molar-refractivity contribution in [2.24, 2.45) is 0 Å². The molecule has 1 heterocycles. The fraction of sp³-hybridized carbons (Fsp3) is 0.188. The van der Waals surface area contributed by atoms with Gasteiger partial charge >= 0.3 is 5.97 Å². The molecule has 0 bridgehead atoms. The molecule has 0 aromatic heterocycles. The fourth-order valence-corrected chi connectivity index (χ4v) is 2.64. The van der Waals surface area contributed by atoms with Gasteiger partial charge in [-0.3, -0.25) is 4.90 Å². The first-order valence-electron chi connectivity index (χ1n) is 6.44. The molecule has 3 nitrogen and oxygen atoms in total. The van der Waals surface area contributed by atoms with E-state index in [-0.39, 0.29) is 5.56 Å². The lowest BCUT2D eigenvalue weighted by Gasteiger charge is -2.16. The summed E-state index contributed by atoms with van der Waals surface area (Å²) < 4.78 is 13.2.